The van der Waals surface area contributed by atoms with Crippen molar-refractivity contribution in [1.29, 1.82) is 0 Å². The molecule has 0 spiro atoms. The Kier molecular flexibility index (Phi) is 5.40. The van der Waals surface area contributed by atoms with Gasteiger partial charge >= 0.3 is 17.6 Å². The molecule has 1 aliphatic rings. The molecule has 1 saturated heterocycles. The maximum absolute atomic E-state index is 11.4. The summed E-state index contributed by atoms with van der Waals surface area (Å²) in [6.45, 7) is 3.80. The topological polar surface area (TPSA) is 146 Å². The lowest BCUT2D eigenvalue weighted by atomic mass is 10.0. The van der Waals surface area contributed by atoms with Crippen LogP contribution >= 0.6 is 0 Å². The van der Waals surface area contributed by atoms with E-state index in [9.17, 15) is 29.9 Å². The van der Waals surface area contributed by atoms with Crippen LogP contribution in [-0.4, -0.2) is 50.7 Å². The van der Waals surface area contributed by atoms with E-state index in [-0.39, 0.29) is 23.2 Å². The van der Waals surface area contributed by atoms with Crippen molar-refractivity contribution in [1.82, 2.24) is 4.98 Å². The van der Waals surface area contributed by atoms with E-state index in [1.807, 2.05) is 0 Å². The molecular formula is C15H20N4O6. The van der Waals surface area contributed by atoms with Crippen LogP contribution in [-0.2, 0) is 9.59 Å². The SMILES string of the molecule is CC(C)[C@H](Nc1nc(N2CCC[C@H]2C(=O)O)ccc1[N+](=O)[O-])C(=O)O. The molecular weight excluding hydrogens is 332 g/mol. The average Bonchev–Trinajstić information content (AvgIpc) is 3.01. The van der Waals surface area contributed by atoms with Gasteiger partial charge in [0.1, 0.15) is 17.9 Å². The number of aromatic nitrogens is 1. The zero-order valence-electron chi connectivity index (χ0n) is 13.9. The number of aliphatic carboxylic acids is 2. The van der Waals surface area contributed by atoms with Gasteiger partial charge in [0.2, 0.25) is 5.82 Å². The molecule has 2 atom stereocenters. The number of hydrogen-bond donors (Lipinski definition) is 3. The molecule has 1 aromatic heterocycles. The van der Waals surface area contributed by atoms with Crippen LogP contribution in [0.2, 0.25) is 0 Å². The zero-order chi connectivity index (χ0) is 18.7. The van der Waals surface area contributed by atoms with Crippen molar-refractivity contribution in [3.05, 3.63) is 22.2 Å². The maximum atomic E-state index is 11.4. The number of carboxylic acid groups (broad SMARTS) is 2. The van der Waals surface area contributed by atoms with Gasteiger partial charge in [0.05, 0.1) is 4.92 Å². The summed E-state index contributed by atoms with van der Waals surface area (Å²) in [5.41, 5.74) is -0.360. The number of nitro groups is 1. The third-order valence-corrected chi connectivity index (χ3v) is 4.11. The maximum Gasteiger partial charge on any atom is 0.326 e. The van der Waals surface area contributed by atoms with Gasteiger partial charge in [-0.25, -0.2) is 14.6 Å². The van der Waals surface area contributed by atoms with E-state index in [1.54, 1.807) is 18.7 Å². The summed E-state index contributed by atoms with van der Waals surface area (Å²) in [5.74, 6) is -2.38. The lowest BCUT2D eigenvalue weighted by Crippen LogP contribution is -2.37. The summed E-state index contributed by atoms with van der Waals surface area (Å²) in [4.78, 5) is 39.0. The van der Waals surface area contributed by atoms with Crippen LogP contribution in [0.5, 0.6) is 0 Å². The van der Waals surface area contributed by atoms with E-state index in [0.717, 1.165) is 0 Å². The van der Waals surface area contributed by atoms with Crippen LogP contribution in [0.1, 0.15) is 26.7 Å². The number of anilines is 2. The van der Waals surface area contributed by atoms with E-state index >= 15 is 0 Å². The van der Waals surface area contributed by atoms with Crippen molar-refractivity contribution in [3.8, 4) is 0 Å². The number of carboxylic acids is 2. The van der Waals surface area contributed by atoms with Crippen LogP contribution in [0.3, 0.4) is 0 Å². The molecule has 136 valence electrons. The molecule has 0 bridgehead atoms. The Morgan fingerprint density at radius 3 is 2.60 bits per heavy atom. The lowest BCUT2D eigenvalue weighted by Gasteiger charge is -2.24. The number of rotatable bonds is 7. The Bertz CT molecular complexity index is 693. The lowest BCUT2D eigenvalue weighted by molar-refractivity contribution is -0.384. The monoisotopic (exact) mass is 352 g/mol. The van der Waals surface area contributed by atoms with Crippen LogP contribution in [0.4, 0.5) is 17.3 Å². The highest BCUT2D eigenvalue weighted by molar-refractivity contribution is 5.80. The molecule has 0 unspecified atom stereocenters. The number of nitrogens with zero attached hydrogens (tertiary/aromatic N) is 3. The standard InChI is InChI=1S/C15H20N4O6/c1-8(2)12(15(22)23)17-13-9(19(24)25)5-6-11(16-13)18-7-3-4-10(18)14(20)21/h5-6,8,10,12H,3-4,7H2,1-2H3,(H,16,17)(H,20,21)(H,22,23)/t10-,12-/m0/s1. The molecule has 0 aromatic carbocycles. The highest BCUT2D eigenvalue weighted by atomic mass is 16.6. The summed E-state index contributed by atoms with van der Waals surface area (Å²) in [6.07, 6.45) is 1.13. The van der Waals surface area contributed by atoms with Crippen LogP contribution in [0.25, 0.3) is 0 Å². The van der Waals surface area contributed by atoms with Gasteiger partial charge in [0.25, 0.3) is 0 Å². The smallest absolute Gasteiger partial charge is 0.326 e. The van der Waals surface area contributed by atoms with Crippen molar-refractivity contribution >= 4 is 29.3 Å². The molecule has 0 amide bonds. The predicted molar refractivity (Wildman–Crippen MR) is 88.8 cm³/mol. The van der Waals surface area contributed by atoms with E-state index < -0.39 is 28.9 Å². The molecule has 2 rings (SSSR count). The van der Waals surface area contributed by atoms with E-state index in [4.69, 9.17) is 0 Å². The molecule has 10 nitrogen and oxygen atoms in total. The van der Waals surface area contributed by atoms with Crippen molar-refractivity contribution in [2.45, 2.75) is 38.8 Å². The van der Waals surface area contributed by atoms with E-state index in [1.165, 1.54) is 12.1 Å². The van der Waals surface area contributed by atoms with Gasteiger partial charge in [-0.15, -0.1) is 0 Å². The Labute approximate surface area is 143 Å². The number of carbonyl (C=O) groups is 2. The van der Waals surface area contributed by atoms with Gasteiger partial charge in [0, 0.05) is 12.6 Å². The van der Waals surface area contributed by atoms with Crippen molar-refractivity contribution in [2.24, 2.45) is 5.92 Å². The summed E-state index contributed by atoms with van der Waals surface area (Å²) < 4.78 is 0. The molecule has 0 saturated carbocycles. The first kappa shape index (κ1) is 18.4. The fourth-order valence-electron chi connectivity index (χ4n) is 2.81. The minimum atomic E-state index is -1.15. The number of hydrogen-bond acceptors (Lipinski definition) is 7. The Hall–Kier alpha value is -2.91. The largest absolute Gasteiger partial charge is 0.480 e. The van der Waals surface area contributed by atoms with Crippen LogP contribution in [0.15, 0.2) is 12.1 Å². The van der Waals surface area contributed by atoms with Gasteiger partial charge in [-0.2, -0.15) is 0 Å². The molecule has 3 N–H and O–H groups in total. The molecule has 1 fully saturated rings. The highest BCUT2D eigenvalue weighted by Gasteiger charge is 2.33. The third-order valence-electron chi connectivity index (χ3n) is 4.11. The van der Waals surface area contributed by atoms with Gasteiger partial charge in [-0.05, 0) is 24.8 Å². The Balaban J connectivity index is 2.41. The second-order valence-electron chi connectivity index (χ2n) is 6.19. The van der Waals surface area contributed by atoms with Crippen molar-refractivity contribution < 1.29 is 24.7 Å². The summed E-state index contributed by atoms with van der Waals surface area (Å²) >= 11 is 0. The number of pyridine rings is 1. The fraction of sp³-hybridized carbons (Fsp3) is 0.533. The summed E-state index contributed by atoms with van der Waals surface area (Å²) in [6, 6.07) is 0.786. The predicted octanol–water partition coefficient (Wildman–Crippen LogP) is 1.56. The van der Waals surface area contributed by atoms with E-state index in [0.29, 0.717) is 19.4 Å². The average molecular weight is 352 g/mol. The van der Waals surface area contributed by atoms with Gasteiger partial charge in [-0.1, -0.05) is 13.8 Å². The van der Waals surface area contributed by atoms with Crippen molar-refractivity contribution in [2.75, 3.05) is 16.8 Å². The molecule has 0 radical (unpaired) electrons. The zero-order valence-corrected chi connectivity index (χ0v) is 13.9. The number of nitrogens with one attached hydrogen (secondary N) is 1. The normalized spacial score (nSPS) is 18.2. The molecule has 0 aliphatic carbocycles. The van der Waals surface area contributed by atoms with Crippen LogP contribution < -0.4 is 10.2 Å². The molecule has 1 aromatic rings. The second kappa shape index (κ2) is 7.32. The quantitative estimate of drug-likeness (QED) is 0.491. The van der Waals surface area contributed by atoms with E-state index in [2.05, 4.69) is 10.3 Å². The van der Waals surface area contributed by atoms with Gasteiger partial charge in [-0.3, -0.25) is 10.1 Å². The first-order valence-corrected chi connectivity index (χ1v) is 7.86. The molecule has 1 aliphatic heterocycles. The van der Waals surface area contributed by atoms with Gasteiger partial charge < -0.3 is 20.4 Å². The molecule has 2 heterocycles. The van der Waals surface area contributed by atoms with Gasteiger partial charge in [0.15, 0.2) is 0 Å². The summed E-state index contributed by atoms with van der Waals surface area (Å²) in [5, 5.41) is 32.4. The molecule has 25 heavy (non-hydrogen) atoms. The third kappa shape index (κ3) is 3.95. The fourth-order valence-corrected chi connectivity index (χ4v) is 2.81. The Morgan fingerprint density at radius 1 is 1.40 bits per heavy atom. The Morgan fingerprint density at radius 2 is 2.08 bits per heavy atom. The first-order valence-electron chi connectivity index (χ1n) is 7.86. The summed E-state index contributed by atoms with van der Waals surface area (Å²) in [7, 11) is 0. The van der Waals surface area contributed by atoms with Crippen LogP contribution in [0, 0.1) is 16.0 Å². The molecule has 10 heteroatoms. The minimum absolute atomic E-state index is 0.181. The first-order chi connectivity index (χ1) is 11.7. The van der Waals surface area contributed by atoms with Crippen molar-refractivity contribution in [3.63, 3.8) is 0 Å². The minimum Gasteiger partial charge on any atom is -0.480 e. The second-order valence-corrected chi connectivity index (χ2v) is 6.19. The highest BCUT2D eigenvalue weighted by Crippen LogP contribution is 2.30.